The zero-order valence-electron chi connectivity index (χ0n) is 19.3. The second-order valence-electron chi connectivity index (χ2n) is 8.58. The third kappa shape index (κ3) is 6.21. The molecule has 33 heavy (non-hydrogen) atoms. The van der Waals surface area contributed by atoms with Crippen molar-refractivity contribution in [3.05, 3.63) is 90.0 Å². The summed E-state index contributed by atoms with van der Waals surface area (Å²) >= 11 is 0. The van der Waals surface area contributed by atoms with Crippen LogP contribution in [0.2, 0.25) is 0 Å². The molecule has 4 rings (SSSR count). The molecule has 0 aliphatic carbocycles. The normalized spacial score (nSPS) is 14.8. The average molecular weight is 445 g/mol. The summed E-state index contributed by atoms with van der Waals surface area (Å²) in [6.45, 7) is 7.71. The van der Waals surface area contributed by atoms with Gasteiger partial charge in [0.1, 0.15) is 5.75 Å². The van der Waals surface area contributed by atoms with E-state index in [0.29, 0.717) is 24.5 Å². The minimum Gasteiger partial charge on any atom is -0.497 e. The lowest BCUT2D eigenvalue weighted by Crippen LogP contribution is -2.44. The molecule has 1 N–H and O–H groups in total. The molecule has 1 saturated heterocycles. The molecule has 0 atom stereocenters. The zero-order valence-corrected chi connectivity index (χ0v) is 19.3. The molecule has 5 nitrogen and oxygen atoms in total. The molecule has 3 aromatic rings. The highest BCUT2D eigenvalue weighted by Crippen LogP contribution is 2.21. The van der Waals surface area contributed by atoms with Gasteiger partial charge >= 0.3 is 0 Å². The maximum Gasteiger partial charge on any atom is 0.251 e. The van der Waals surface area contributed by atoms with E-state index in [1.165, 1.54) is 21.9 Å². The molecule has 1 heterocycles. The minimum absolute atomic E-state index is 0.0326. The molecule has 1 amide bonds. The number of rotatable bonds is 9. The van der Waals surface area contributed by atoms with Crippen LogP contribution >= 0.6 is 0 Å². The van der Waals surface area contributed by atoms with Gasteiger partial charge in [-0.2, -0.15) is 0 Å². The molecule has 1 aliphatic rings. The van der Waals surface area contributed by atoms with Crippen LogP contribution in [0, 0.1) is 0 Å². The third-order valence-electron chi connectivity index (χ3n) is 6.13. The van der Waals surface area contributed by atoms with Gasteiger partial charge in [-0.05, 0) is 65.1 Å². The first-order chi connectivity index (χ1) is 16.1. The van der Waals surface area contributed by atoms with E-state index in [1.54, 1.807) is 19.3 Å². The van der Waals surface area contributed by atoms with Crippen molar-refractivity contribution in [1.82, 2.24) is 10.2 Å². The molecule has 3 aromatic carbocycles. The molecule has 172 valence electrons. The molecule has 0 aromatic heterocycles. The number of amides is 1. The maximum atomic E-state index is 12.6. The van der Waals surface area contributed by atoms with Crippen molar-refractivity contribution in [2.45, 2.75) is 32.0 Å². The van der Waals surface area contributed by atoms with E-state index in [9.17, 15) is 4.79 Å². The molecule has 0 radical (unpaired) electrons. The largest absolute Gasteiger partial charge is 0.497 e. The fraction of sp³-hybridized carbons (Fsp3) is 0.321. The van der Waals surface area contributed by atoms with Gasteiger partial charge in [-0.25, -0.2) is 0 Å². The maximum absolute atomic E-state index is 12.6. The van der Waals surface area contributed by atoms with Gasteiger partial charge in [-0.3, -0.25) is 9.69 Å². The molecule has 0 spiro atoms. The van der Waals surface area contributed by atoms with Gasteiger partial charge in [0.05, 0.1) is 20.3 Å². The van der Waals surface area contributed by atoms with Crippen molar-refractivity contribution in [3.63, 3.8) is 0 Å². The number of hydrogen-bond acceptors (Lipinski definition) is 4. The van der Waals surface area contributed by atoms with Gasteiger partial charge in [-0.15, -0.1) is 6.58 Å². The third-order valence-corrected chi connectivity index (χ3v) is 6.13. The first kappa shape index (κ1) is 23.0. The zero-order chi connectivity index (χ0) is 23.0. The lowest BCUT2D eigenvalue weighted by atomic mass is 10.0. The molecule has 0 saturated carbocycles. The highest BCUT2D eigenvalue weighted by Gasteiger charge is 2.21. The predicted molar refractivity (Wildman–Crippen MR) is 133 cm³/mol. The number of fused-ring (bicyclic) bond motifs is 1. The number of nitrogens with one attached hydrogen (secondary N) is 1. The molecular weight excluding hydrogens is 412 g/mol. The van der Waals surface area contributed by atoms with Gasteiger partial charge in [0.2, 0.25) is 0 Å². The Labute approximate surface area is 196 Å². The number of hydrogen-bond donors (Lipinski definition) is 1. The summed E-state index contributed by atoms with van der Waals surface area (Å²) in [5.74, 6) is 0.666. The molecule has 1 aliphatic heterocycles. The number of methoxy groups -OCH3 is 1. The quantitative estimate of drug-likeness (QED) is 0.375. The van der Waals surface area contributed by atoms with Crippen LogP contribution < -0.4 is 10.1 Å². The van der Waals surface area contributed by atoms with Crippen LogP contribution in [0.15, 0.2) is 73.3 Å². The van der Waals surface area contributed by atoms with Gasteiger partial charge in [0.15, 0.2) is 0 Å². The Morgan fingerprint density at radius 3 is 2.58 bits per heavy atom. The molecule has 5 heteroatoms. The van der Waals surface area contributed by atoms with E-state index in [-0.39, 0.29) is 11.9 Å². The van der Waals surface area contributed by atoms with E-state index < -0.39 is 0 Å². The van der Waals surface area contributed by atoms with E-state index in [2.05, 4.69) is 53.2 Å². The van der Waals surface area contributed by atoms with Crippen LogP contribution in [0.5, 0.6) is 5.75 Å². The van der Waals surface area contributed by atoms with E-state index in [1.807, 2.05) is 18.2 Å². The lowest BCUT2D eigenvalue weighted by Gasteiger charge is -2.32. The molecule has 0 bridgehead atoms. The van der Waals surface area contributed by atoms with Crippen molar-refractivity contribution < 1.29 is 14.3 Å². The summed E-state index contributed by atoms with van der Waals surface area (Å²) in [5, 5.41) is 5.67. The van der Waals surface area contributed by atoms with Gasteiger partial charge in [-0.1, -0.05) is 36.4 Å². The summed E-state index contributed by atoms with van der Waals surface area (Å²) in [4.78, 5) is 15.1. The lowest BCUT2D eigenvalue weighted by molar-refractivity contribution is 0.0908. The molecule has 1 fully saturated rings. The molecule has 0 unspecified atom stereocenters. The topological polar surface area (TPSA) is 50.8 Å². The molecular formula is C28H32N2O3. The first-order valence-corrected chi connectivity index (χ1v) is 11.5. The smallest absolute Gasteiger partial charge is 0.251 e. The Hall–Kier alpha value is -3.15. The van der Waals surface area contributed by atoms with Crippen LogP contribution in [0.1, 0.15) is 34.3 Å². The summed E-state index contributed by atoms with van der Waals surface area (Å²) in [5.41, 5.74) is 3.13. The number of carbonyl (C=O) groups excluding carboxylic acids is 1. The second kappa shape index (κ2) is 11.1. The predicted octanol–water partition coefficient (Wildman–Crippen LogP) is 4.95. The Balaban J connectivity index is 1.30. The number of nitrogens with zero attached hydrogens (tertiary/aromatic N) is 1. The number of carbonyl (C=O) groups is 1. The van der Waals surface area contributed by atoms with E-state index >= 15 is 0 Å². The van der Waals surface area contributed by atoms with Crippen molar-refractivity contribution in [1.29, 1.82) is 0 Å². The van der Waals surface area contributed by atoms with Crippen LogP contribution in [0.25, 0.3) is 10.8 Å². The van der Waals surface area contributed by atoms with E-state index in [0.717, 1.165) is 32.5 Å². The number of benzene rings is 3. The fourth-order valence-electron chi connectivity index (χ4n) is 4.32. The van der Waals surface area contributed by atoms with Crippen LogP contribution in [-0.4, -0.2) is 43.7 Å². The fourth-order valence-corrected chi connectivity index (χ4v) is 4.32. The number of likely N-dealkylation sites (tertiary alicyclic amines) is 1. The number of ether oxygens (including phenoxy) is 2. The Morgan fingerprint density at radius 2 is 1.82 bits per heavy atom. The Bertz CT molecular complexity index is 1100. The van der Waals surface area contributed by atoms with Crippen molar-refractivity contribution in [3.8, 4) is 5.75 Å². The second-order valence-corrected chi connectivity index (χ2v) is 8.58. The van der Waals surface area contributed by atoms with Crippen molar-refractivity contribution >= 4 is 16.7 Å². The van der Waals surface area contributed by atoms with E-state index in [4.69, 9.17) is 9.47 Å². The average Bonchev–Trinajstić information content (AvgIpc) is 2.85. The first-order valence-electron chi connectivity index (χ1n) is 11.5. The highest BCUT2D eigenvalue weighted by molar-refractivity contribution is 5.94. The minimum atomic E-state index is -0.0326. The Kier molecular flexibility index (Phi) is 7.76. The number of piperidine rings is 1. The van der Waals surface area contributed by atoms with Gasteiger partial charge in [0, 0.05) is 31.2 Å². The standard InChI is InChI=1S/C28H32N2O3/c1-3-15-33-20-22-8-10-23-9-7-21(16-25(23)17-22)19-30-13-11-26(12-14-30)29-28(31)24-5-4-6-27(18-24)32-2/h3-10,16-18,26H,1,11-15,19-20H2,2H3,(H,29,31). The van der Waals surface area contributed by atoms with Crippen molar-refractivity contribution in [2.24, 2.45) is 0 Å². The summed E-state index contributed by atoms with van der Waals surface area (Å²) < 4.78 is 10.8. The van der Waals surface area contributed by atoms with Crippen LogP contribution in [0.3, 0.4) is 0 Å². The summed E-state index contributed by atoms with van der Waals surface area (Å²) in [7, 11) is 1.61. The highest BCUT2D eigenvalue weighted by atomic mass is 16.5. The van der Waals surface area contributed by atoms with Gasteiger partial charge in [0.25, 0.3) is 5.91 Å². The van der Waals surface area contributed by atoms with Crippen LogP contribution in [-0.2, 0) is 17.9 Å². The SMILES string of the molecule is C=CCOCc1ccc2ccc(CN3CCC(NC(=O)c4cccc(OC)c4)CC3)cc2c1. The van der Waals surface area contributed by atoms with Gasteiger partial charge < -0.3 is 14.8 Å². The summed E-state index contributed by atoms with van der Waals surface area (Å²) in [6.07, 6.45) is 3.68. The van der Waals surface area contributed by atoms with Crippen LogP contribution in [0.4, 0.5) is 0 Å². The van der Waals surface area contributed by atoms with Crippen molar-refractivity contribution in [2.75, 3.05) is 26.8 Å². The summed E-state index contributed by atoms with van der Waals surface area (Å²) in [6, 6.07) is 20.7. The Morgan fingerprint density at radius 1 is 1.06 bits per heavy atom. The monoisotopic (exact) mass is 444 g/mol.